The molecule has 41 heavy (non-hydrogen) atoms. The maximum Gasteiger partial charge on any atom is 0.227 e. The molecule has 0 atom stereocenters. The van der Waals surface area contributed by atoms with Crippen molar-refractivity contribution in [3.63, 3.8) is 0 Å². The Hall–Kier alpha value is -5.30. The van der Waals surface area contributed by atoms with E-state index in [-0.39, 0.29) is 18.1 Å². The second-order valence-electron chi connectivity index (χ2n) is 10.1. The Morgan fingerprint density at radius 2 is 1.83 bits per heavy atom. The summed E-state index contributed by atoms with van der Waals surface area (Å²) >= 11 is 0. The van der Waals surface area contributed by atoms with Crippen LogP contribution in [-0.2, 0) is 11.8 Å². The van der Waals surface area contributed by atoms with Crippen LogP contribution in [0.3, 0.4) is 0 Å². The fourth-order valence-corrected chi connectivity index (χ4v) is 5.17. The van der Waals surface area contributed by atoms with E-state index >= 15 is 0 Å². The highest BCUT2D eigenvalue weighted by atomic mass is 19.1. The Bertz CT molecular complexity index is 1810. The first-order valence-electron chi connectivity index (χ1n) is 13.2. The Kier molecular flexibility index (Phi) is 6.77. The van der Waals surface area contributed by atoms with Crippen LogP contribution in [0.5, 0.6) is 0 Å². The van der Waals surface area contributed by atoms with E-state index in [1.165, 1.54) is 12.1 Å². The second-order valence-corrected chi connectivity index (χ2v) is 10.1. The number of halogens is 1. The zero-order valence-corrected chi connectivity index (χ0v) is 22.5. The van der Waals surface area contributed by atoms with E-state index in [2.05, 4.69) is 27.7 Å². The standard InChI is InChI=1S/C31H27FN8O/c1-21(22-4-3-5-27(32)13-22)12-30(41)39-10-8-38(9-11-39)29-7-6-23(16-34-29)28-14-24(26-18-35-37(2)19-26)20-40-31(28)25(15-33)17-36-40/h3-7,13-14,16-20H,1,8-12H2,2H3. The third-order valence-electron chi connectivity index (χ3n) is 7.38. The predicted molar refractivity (Wildman–Crippen MR) is 154 cm³/mol. The lowest BCUT2D eigenvalue weighted by Crippen LogP contribution is -2.49. The average molecular weight is 547 g/mol. The molecule has 1 aliphatic rings. The van der Waals surface area contributed by atoms with Crippen molar-refractivity contribution in [3.8, 4) is 28.3 Å². The molecule has 5 aromatic rings. The quantitative estimate of drug-likeness (QED) is 0.310. The van der Waals surface area contributed by atoms with Crippen LogP contribution in [0.25, 0.3) is 33.3 Å². The van der Waals surface area contributed by atoms with Crippen molar-refractivity contribution in [2.24, 2.45) is 7.05 Å². The van der Waals surface area contributed by atoms with Crippen molar-refractivity contribution < 1.29 is 9.18 Å². The lowest BCUT2D eigenvalue weighted by molar-refractivity contribution is -0.130. The maximum atomic E-state index is 13.6. The molecule has 0 aliphatic carbocycles. The normalized spacial score (nSPS) is 13.4. The van der Waals surface area contributed by atoms with Crippen LogP contribution in [-0.4, -0.2) is 61.4 Å². The first-order valence-corrected chi connectivity index (χ1v) is 13.2. The zero-order valence-electron chi connectivity index (χ0n) is 22.5. The number of amides is 1. The number of hydrogen-bond acceptors (Lipinski definition) is 6. The molecule has 9 nitrogen and oxygen atoms in total. The van der Waals surface area contributed by atoms with E-state index in [0.717, 1.165) is 33.6 Å². The molecule has 0 saturated carbocycles. The number of benzene rings is 1. The smallest absolute Gasteiger partial charge is 0.227 e. The van der Waals surface area contributed by atoms with Gasteiger partial charge in [0.25, 0.3) is 0 Å². The number of hydrogen-bond donors (Lipinski definition) is 0. The van der Waals surface area contributed by atoms with Crippen LogP contribution in [0.2, 0.25) is 0 Å². The van der Waals surface area contributed by atoms with Crippen molar-refractivity contribution >= 4 is 22.8 Å². The highest BCUT2D eigenvalue weighted by molar-refractivity contribution is 5.89. The molecule has 10 heteroatoms. The number of aromatic nitrogens is 5. The van der Waals surface area contributed by atoms with Gasteiger partial charge in [-0.2, -0.15) is 15.5 Å². The monoisotopic (exact) mass is 546 g/mol. The van der Waals surface area contributed by atoms with Crippen LogP contribution in [0.4, 0.5) is 10.2 Å². The van der Waals surface area contributed by atoms with E-state index in [0.29, 0.717) is 42.9 Å². The minimum atomic E-state index is -0.343. The summed E-state index contributed by atoms with van der Waals surface area (Å²) in [4.78, 5) is 21.6. The molecule has 1 aliphatic heterocycles. The molecule has 0 unspecified atom stereocenters. The van der Waals surface area contributed by atoms with E-state index in [1.54, 1.807) is 33.7 Å². The molecule has 5 heterocycles. The molecule has 0 radical (unpaired) electrons. The van der Waals surface area contributed by atoms with E-state index in [4.69, 9.17) is 4.98 Å². The fraction of sp³-hybridized carbons (Fsp3) is 0.194. The highest BCUT2D eigenvalue weighted by Crippen LogP contribution is 2.32. The van der Waals surface area contributed by atoms with Crippen LogP contribution in [0.1, 0.15) is 17.5 Å². The maximum absolute atomic E-state index is 13.6. The van der Waals surface area contributed by atoms with Crippen molar-refractivity contribution in [2.45, 2.75) is 6.42 Å². The summed E-state index contributed by atoms with van der Waals surface area (Å²) in [5.41, 5.74) is 6.05. The summed E-state index contributed by atoms with van der Waals surface area (Å²) in [7, 11) is 1.87. The average Bonchev–Trinajstić information content (AvgIpc) is 3.63. The zero-order chi connectivity index (χ0) is 28.5. The molecule has 0 spiro atoms. The van der Waals surface area contributed by atoms with Crippen LogP contribution < -0.4 is 4.90 Å². The number of nitrogens with zero attached hydrogens (tertiary/aromatic N) is 8. The lowest BCUT2D eigenvalue weighted by atomic mass is 10.0. The van der Waals surface area contributed by atoms with Gasteiger partial charge >= 0.3 is 0 Å². The number of pyridine rings is 2. The Balaban J connectivity index is 1.17. The summed E-state index contributed by atoms with van der Waals surface area (Å²) in [6.45, 7) is 6.40. The number of anilines is 1. The van der Waals surface area contributed by atoms with Gasteiger partial charge in [-0.3, -0.25) is 9.48 Å². The number of fused-ring (bicyclic) bond motifs is 1. The first-order chi connectivity index (χ1) is 19.9. The molecule has 204 valence electrons. The number of piperazine rings is 1. The Morgan fingerprint density at radius 3 is 2.51 bits per heavy atom. The van der Waals surface area contributed by atoms with Gasteiger partial charge in [-0.1, -0.05) is 18.7 Å². The molecule has 0 N–H and O–H groups in total. The van der Waals surface area contributed by atoms with Crippen molar-refractivity contribution in [2.75, 3.05) is 31.1 Å². The van der Waals surface area contributed by atoms with Gasteiger partial charge in [-0.05, 0) is 41.5 Å². The van der Waals surface area contributed by atoms with Gasteiger partial charge < -0.3 is 9.80 Å². The summed E-state index contributed by atoms with van der Waals surface area (Å²) < 4.78 is 17.0. The SMILES string of the molecule is C=C(CC(=O)N1CCN(c2ccc(-c3cc(-c4cnn(C)c4)cn4ncc(C#N)c34)cn2)CC1)c1cccc(F)c1. The predicted octanol–water partition coefficient (Wildman–Crippen LogP) is 4.56. The molecule has 4 aromatic heterocycles. The summed E-state index contributed by atoms with van der Waals surface area (Å²) in [5.74, 6) is 0.455. The fourth-order valence-electron chi connectivity index (χ4n) is 5.17. The Labute approximate surface area is 236 Å². The minimum absolute atomic E-state index is 0.0196. The number of nitriles is 1. The highest BCUT2D eigenvalue weighted by Gasteiger charge is 2.23. The molecule has 6 rings (SSSR count). The Morgan fingerprint density at radius 1 is 1.00 bits per heavy atom. The molecular formula is C31H27FN8O. The first kappa shape index (κ1) is 26.0. The van der Waals surface area contributed by atoms with Gasteiger partial charge in [-0.25, -0.2) is 13.9 Å². The van der Waals surface area contributed by atoms with E-state index < -0.39 is 0 Å². The molecule has 0 bridgehead atoms. The van der Waals surface area contributed by atoms with Gasteiger partial charge in [0.1, 0.15) is 17.7 Å². The van der Waals surface area contributed by atoms with Crippen LogP contribution in [0.15, 0.2) is 80.0 Å². The number of rotatable bonds is 6. The van der Waals surface area contributed by atoms with Gasteiger partial charge in [0.05, 0.1) is 29.9 Å². The molecule has 1 fully saturated rings. The van der Waals surface area contributed by atoms with Crippen molar-refractivity contribution in [1.82, 2.24) is 29.3 Å². The molecule has 1 amide bonds. The van der Waals surface area contributed by atoms with Gasteiger partial charge in [-0.15, -0.1) is 0 Å². The van der Waals surface area contributed by atoms with Crippen molar-refractivity contribution in [1.29, 1.82) is 5.26 Å². The molecular weight excluding hydrogens is 519 g/mol. The van der Waals surface area contributed by atoms with Gasteiger partial charge in [0.15, 0.2) is 0 Å². The third-order valence-corrected chi connectivity index (χ3v) is 7.38. The minimum Gasteiger partial charge on any atom is -0.353 e. The van der Waals surface area contributed by atoms with Crippen LogP contribution >= 0.6 is 0 Å². The summed E-state index contributed by atoms with van der Waals surface area (Å²) in [6, 6.07) is 14.4. The van der Waals surface area contributed by atoms with E-state index in [1.807, 2.05) is 48.7 Å². The number of carbonyl (C=O) groups excluding carboxylic acids is 1. The largest absolute Gasteiger partial charge is 0.353 e. The van der Waals surface area contributed by atoms with Crippen LogP contribution in [0, 0.1) is 17.1 Å². The number of carbonyl (C=O) groups is 1. The number of aryl methyl sites for hydroxylation is 1. The second kappa shape index (κ2) is 10.7. The summed E-state index contributed by atoms with van der Waals surface area (Å²) in [5, 5.41) is 18.4. The third kappa shape index (κ3) is 5.17. The topological polar surface area (TPSA) is 95.4 Å². The molecule has 1 aromatic carbocycles. The van der Waals surface area contributed by atoms with Gasteiger partial charge in [0.2, 0.25) is 5.91 Å². The summed E-state index contributed by atoms with van der Waals surface area (Å²) in [6.07, 6.45) is 9.16. The van der Waals surface area contributed by atoms with Gasteiger partial charge in [0, 0.05) is 74.1 Å². The van der Waals surface area contributed by atoms with Crippen molar-refractivity contribution in [3.05, 3.63) is 97.0 Å². The molecule has 1 saturated heterocycles. The lowest BCUT2D eigenvalue weighted by Gasteiger charge is -2.35. The van der Waals surface area contributed by atoms with E-state index in [9.17, 15) is 14.4 Å².